The molecule has 0 saturated carbocycles. The fourth-order valence-electron chi connectivity index (χ4n) is 1.42. The van der Waals surface area contributed by atoms with Crippen LogP contribution in [0.4, 0.5) is 8.78 Å². The number of halogens is 2. The fraction of sp³-hybridized carbons (Fsp3) is 0.538. The molecular weight excluding hydrogens is 224 g/mol. The van der Waals surface area contributed by atoms with Gasteiger partial charge in [0.15, 0.2) is 11.6 Å². The molecule has 0 fully saturated rings. The Balaban J connectivity index is 2.47. The third kappa shape index (κ3) is 5.13. The van der Waals surface area contributed by atoms with E-state index in [1.807, 2.05) is 6.07 Å². The van der Waals surface area contributed by atoms with Gasteiger partial charge >= 0.3 is 0 Å². The maximum absolute atomic E-state index is 13.5. The van der Waals surface area contributed by atoms with Gasteiger partial charge in [0.05, 0.1) is 13.3 Å². The van der Waals surface area contributed by atoms with Gasteiger partial charge in [-0.25, -0.2) is 4.39 Å². The lowest BCUT2D eigenvalue weighted by Gasteiger charge is -2.08. The van der Waals surface area contributed by atoms with Crippen LogP contribution in [0.25, 0.3) is 0 Å². The van der Waals surface area contributed by atoms with E-state index in [2.05, 4.69) is 12.2 Å². The number of alkyl halides is 1. The molecule has 4 heteroatoms. The molecule has 1 aromatic rings. The summed E-state index contributed by atoms with van der Waals surface area (Å²) < 4.78 is 30.5. The van der Waals surface area contributed by atoms with Crippen LogP contribution in [0.3, 0.4) is 0 Å². The van der Waals surface area contributed by atoms with Crippen LogP contribution in [0.2, 0.25) is 0 Å². The minimum Gasteiger partial charge on any atom is -0.490 e. The van der Waals surface area contributed by atoms with Crippen LogP contribution < -0.4 is 10.1 Å². The minimum absolute atomic E-state index is 0.192. The molecule has 0 aliphatic rings. The van der Waals surface area contributed by atoms with Gasteiger partial charge in [-0.1, -0.05) is 13.0 Å². The molecular formula is C13H19F2NO. The molecule has 0 heterocycles. The molecule has 0 aliphatic heterocycles. The van der Waals surface area contributed by atoms with Crippen molar-refractivity contribution < 1.29 is 13.5 Å². The number of rotatable bonds is 8. The molecule has 17 heavy (non-hydrogen) atoms. The van der Waals surface area contributed by atoms with Crippen molar-refractivity contribution in [3.05, 3.63) is 29.6 Å². The van der Waals surface area contributed by atoms with Crippen LogP contribution in [0.15, 0.2) is 18.2 Å². The van der Waals surface area contributed by atoms with Crippen LogP contribution in [-0.2, 0) is 6.54 Å². The fourth-order valence-corrected chi connectivity index (χ4v) is 1.42. The zero-order valence-electron chi connectivity index (χ0n) is 10.1. The second kappa shape index (κ2) is 8.01. The van der Waals surface area contributed by atoms with Gasteiger partial charge in [-0.05, 0) is 30.7 Å². The molecule has 0 aliphatic carbocycles. The Bertz CT molecular complexity index is 331. The van der Waals surface area contributed by atoms with Gasteiger partial charge in [0.2, 0.25) is 0 Å². The zero-order chi connectivity index (χ0) is 12.5. The monoisotopic (exact) mass is 243 g/mol. The third-order valence-electron chi connectivity index (χ3n) is 2.29. The lowest BCUT2D eigenvalue weighted by Crippen LogP contribution is -2.13. The van der Waals surface area contributed by atoms with E-state index < -0.39 is 6.67 Å². The molecule has 2 nitrogen and oxygen atoms in total. The van der Waals surface area contributed by atoms with Crippen molar-refractivity contribution in [2.45, 2.75) is 26.3 Å². The Morgan fingerprint density at radius 1 is 1.35 bits per heavy atom. The van der Waals surface area contributed by atoms with Crippen molar-refractivity contribution in [2.24, 2.45) is 0 Å². The molecule has 0 saturated heterocycles. The molecule has 1 N–H and O–H groups in total. The van der Waals surface area contributed by atoms with E-state index in [0.29, 0.717) is 13.0 Å². The quantitative estimate of drug-likeness (QED) is 0.708. The third-order valence-corrected chi connectivity index (χ3v) is 2.29. The number of hydrogen-bond donors (Lipinski definition) is 1. The Morgan fingerprint density at radius 3 is 2.82 bits per heavy atom. The van der Waals surface area contributed by atoms with Crippen LogP contribution in [0.1, 0.15) is 25.3 Å². The predicted molar refractivity (Wildman–Crippen MR) is 64.5 cm³/mol. The maximum atomic E-state index is 13.5. The van der Waals surface area contributed by atoms with Gasteiger partial charge in [-0.2, -0.15) is 0 Å². The summed E-state index contributed by atoms with van der Waals surface area (Å²) in [4.78, 5) is 0. The number of benzene rings is 1. The molecule has 0 aromatic heterocycles. The summed E-state index contributed by atoms with van der Waals surface area (Å²) >= 11 is 0. The molecule has 0 bridgehead atoms. The van der Waals surface area contributed by atoms with E-state index in [9.17, 15) is 8.78 Å². The first kappa shape index (κ1) is 13.9. The molecule has 1 rings (SSSR count). The maximum Gasteiger partial charge on any atom is 0.165 e. The summed E-state index contributed by atoms with van der Waals surface area (Å²) in [6.07, 6.45) is 1.34. The van der Waals surface area contributed by atoms with Crippen molar-refractivity contribution >= 4 is 0 Å². The zero-order valence-corrected chi connectivity index (χ0v) is 10.1. The molecule has 0 unspecified atom stereocenters. The Labute approximate surface area is 101 Å². The molecule has 0 radical (unpaired) electrons. The summed E-state index contributed by atoms with van der Waals surface area (Å²) in [5, 5.41) is 3.19. The second-order valence-corrected chi connectivity index (χ2v) is 3.83. The summed E-state index contributed by atoms with van der Waals surface area (Å²) in [6.45, 7) is 3.41. The van der Waals surface area contributed by atoms with E-state index >= 15 is 0 Å². The van der Waals surface area contributed by atoms with Crippen molar-refractivity contribution in [1.82, 2.24) is 5.32 Å². The summed E-state index contributed by atoms with van der Waals surface area (Å²) in [7, 11) is 0. The van der Waals surface area contributed by atoms with Gasteiger partial charge in [-0.3, -0.25) is 4.39 Å². The van der Waals surface area contributed by atoms with Gasteiger partial charge < -0.3 is 10.1 Å². The lowest BCUT2D eigenvalue weighted by atomic mass is 10.2. The van der Waals surface area contributed by atoms with Gasteiger partial charge in [0.25, 0.3) is 0 Å². The van der Waals surface area contributed by atoms with Crippen LogP contribution in [0.5, 0.6) is 5.75 Å². The van der Waals surface area contributed by atoms with Gasteiger partial charge in [0, 0.05) is 13.0 Å². The minimum atomic E-state index is -0.444. The van der Waals surface area contributed by atoms with Crippen molar-refractivity contribution in [2.75, 3.05) is 19.8 Å². The second-order valence-electron chi connectivity index (χ2n) is 3.83. The highest BCUT2D eigenvalue weighted by molar-refractivity contribution is 5.29. The number of hydrogen-bond acceptors (Lipinski definition) is 2. The van der Waals surface area contributed by atoms with E-state index in [0.717, 1.165) is 18.5 Å². The standard InChI is InChI=1S/C13H19F2NO/c1-2-7-16-10-11-4-5-13(12(15)9-11)17-8-3-6-14/h4-5,9,16H,2-3,6-8,10H2,1H3. The first-order chi connectivity index (χ1) is 8.27. The van der Waals surface area contributed by atoms with Crippen LogP contribution in [0, 0.1) is 5.82 Å². The van der Waals surface area contributed by atoms with E-state index in [-0.39, 0.29) is 18.2 Å². The average Bonchev–Trinajstić information content (AvgIpc) is 2.32. The molecule has 0 amide bonds. The largest absolute Gasteiger partial charge is 0.490 e. The smallest absolute Gasteiger partial charge is 0.165 e. The first-order valence-corrected chi connectivity index (χ1v) is 5.95. The van der Waals surface area contributed by atoms with Crippen LogP contribution in [-0.4, -0.2) is 19.8 Å². The first-order valence-electron chi connectivity index (χ1n) is 5.95. The molecule has 1 aromatic carbocycles. The highest BCUT2D eigenvalue weighted by atomic mass is 19.1. The number of ether oxygens (including phenoxy) is 1. The molecule has 96 valence electrons. The topological polar surface area (TPSA) is 21.3 Å². The average molecular weight is 243 g/mol. The summed E-state index contributed by atoms with van der Waals surface area (Å²) in [6, 6.07) is 4.86. The lowest BCUT2D eigenvalue weighted by molar-refractivity contribution is 0.277. The molecule has 0 atom stereocenters. The molecule has 0 spiro atoms. The predicted octanol–water partition coefficient (Wildman–Crippen LogP) is 3.06. The Morgan fingerprint density at radius 2 is 2.18 bits per heavy atom. The SMILES string of the molecule is CCCNCc1ccc(OCCCF)c(F)c1. The van der Waals surface area contributed by atoms with Crippen molar-refractivity contribution in [3.63, 3.8) is 0 Å². The normalized spacial score (nSPS) is 10.5. The van der Waals surface area contributed by atoms with E-state index in [1.54, 1.807) is 6.07 Å². The Kier molecular flexibility index (Phi) is 6.55. The number of nitrogens with one attached hydrogen (secondary N) is 1. The van der Waals surface area contributed by atoms with Crippen molar-refractivity contribution in [3.8, 4) is 5.75 Å². The van der Waals surface area contributed by atoms with Crippen LogP contribution >= 0.6 is 0 Å². The van der Waals surface area contributed by atoms with Gasteiger partial charge in [-0.15, -0.1) is 0 Å². The summed E-state index contributed by atoms with van der Waals surface area (Å²) in [5.41, 5.74) is 0.883. The highest BCUT2D eigenvalue weighted by Crippen LogP contribution is 2.18. The Hall–Kier alpha value is -1.16. The van der Waals surface area contributed by atoms with Gasteiger partial charge in [0.1, 0.15) is 0 Å². The van der Waals surface area contributed by atoms with E-state index in [1.165, 1.54) is 6.07 Å². The van der Waals surface area contributed by atoms with E-state index in [4.69, 9.17) is 4.74 Å². The summed E-state index contributed by atoms with van der Waals surface area (Å²) in [5.74, 6) is -0.197. The van der Waals surface area contributed by atoms with Crippen molar-refractivity contribution in [1.29, 1.82) is 0 Å². The highest BCUT2D eigenvalue weighted by Gasteiger charge is 2.04.